The molecule has 1 atom stereocenters. The van der Waals surface area contributed by atoms with E-state index in [1.54, 1.807) is 11.3 Å². The van der Waals surface area contributed by atoms with Crippen molar-refractivity contribution in [2.75, 3.05) is 0 Å². The van der Waals surface area contributed by atoms with E-state index >= 15 is 0 Å². The summed E-state index contributed by atoms with van der Waals surface area (Å²) in [6.45, 7) is 2.02. The van der Waals surface area contributed by atoms with Gasteiger partial charge in [-0.3, -0.25) is 0 Å². The van der Waals surface area contributed by atoms with Gasteiger partial charge < -0.3 is 5.11 Å². The Labute approximate surface area is 115 Å². The number of thiophene rings is 1. The molecule has 0 saturated carbocycles. The minimum Gasteiger partial charge on any atom is -0.383 e. The third-order valence-corrected chi connectivity index (χ3v) is 5.36. The lowest BCUT2D eigenvalue weighted by Crippen LogP contribution is -1.98. The van der Waals surface area contributed by atoms with Gasteiger partial charge in [-0.05, 0) is 73.5 Å². The quantitative estimate of drug-likeness (QED) is 0.824. The Morgan fingerprint density at radius 3 is 2.50 bits per heavy atom. The van der Waals surface area contributed by atoms with Crippen LogP contribution in [0.15, 0.2) is 38.6 Å². The van der Waals surface area contributed by atoms with Crippen LogP contribution in [-0.2, 0) is 0 Å². The van der Waals surface area contributed by atoms with Gasteiger partial charge in [-0.15, -0.1) is 11.3 Å². The molecule has 1 N–H and O–H groups in total. The van der Waals surface area contributed by atoms with Crippen LogP contribution in [0.3, 0.4) is 0 Å². The normalized spacial score (nSPS) is 12.8. The lowest BCUT2D eigenvalue weighted by atomic mass is 10.1. The first-order chi connectivity index (χ1) is 7.59. The largest absolute Gasteiger partial charge is 0.383 e. The van der Waals surface area contributed by atoms with E-state index in [1.807, 2.05) is 36.6 Å². The fourth-order valence-electron chi connectivity index (χ4n) is 1.50. The van der Waals surface area contributed by atoms with Gasteiger partial charge in [-0.2, -0.15) is 0 Å². The standard InChI is InChI=1S/C12H10Br2OS/c1-7-4-5-16-12(7)11(15)8-2-3-9(13)10(14)6-8/h2-6,11,15H,1H3. The molecule has 84 valence electrons. The van der Waals surface area contributed by atoms with E-state index in [9.17, 15) is 5.11 Å². The molecular formula is C12H10Br2OS. The number of aliphatic hydroxyl groups is 1. The molecule has 0 aliphatic carbocycles. The van der Waals surface area contributed by atoms with E-state index in [1.165, 1.54) is 0 Å². The Bertz CT molecular complexity index is 507. The number of aryl methyl sites for hydroxylation is 1. The molecule has 0 aliphatic rings. The summed E-state index contributed by atoms with van der Waals surface area (Å²) in [4.78, 5) is 1.01. The average molecular weight is 362 g/mol. The van der Waals surface area contributed by atoms with Gasteiger partial charge in [0.15, 0.2) is 0 Å². The molecule has 0 radical (unpaired) electrons. The van der Waals surface area contributed by atoms with Crippen molar-refractivity contribution in [2.45, 2.75) is 13.0 Å². The van der Waals surface area contributed by atoms with Crippen LogP contribution in [0, 0.1) is 6.92 Å². The van der Waals surface area contributed by atoms with Crippen LogP contribution in [0.5, 0.6) is 0 Å². The number of hydrogen-bond acceptors (Lipinski definition) is 2. The van der Waals surface area contributed by atoms with Gasteiger partial charge in [0, 0.05) is 13.8 Å². The predicted octanol–water partition coefficient (Wildman–Crippen LogP) is 4.66. The van der Waals surface area contributed by atoms with Crippen molar-refractivity contribution < 1.29 is 5.11 Å². The number of hydrogen-bond donors (Lipinski definition) is 1. The molecule has 1 unspecified atom stereocenters. The Morgan fingerprint density at radius 2 is 1.94 bits per heavy atom. The molecule has 2 rings (SSSR count). The molecule has 0 fully saturated rings. The zero-order valence-electron chi connectivity index (χ0n) is 8.58. The molecule has 1 aromatic carbocycles. The van der Waals surface area contributed by atoms with E-state index in [4.69, 9.17) is 0 Å². The van der Waals surface area contributed by atoms with Crippen LogP contribution in [-0.4, -0.2) is 5.11 Å². The summed E-state index contributed by atoms with van der Waals surface area (Å²) in [5, 5.41) is 12.3. The summed E-state index contributed by atoms with van der Waals surface area (Å²) in [6, 6.07) is 7.83. The first-order valence-corrected chi connectivity index (χ1v) is 7.23. The SMILES string of the molecule is Cc1ccsc1C(O)c1ccc(Br)c(Br)c1. The van der Waals surface area contributed by atoms with Gasteiger partial charge in [0.25, 0.3) is 0 Å². The Balaban J connectivity index is 2.38. The average Bonchev–Trinajstić information content (AvgIpc) is 2.67. The molecular weight excluding hydrogens is 352 g/mol. The summed E-state index contributed by atoms with van der Waals surface area (Å²) in [5.41, 5.74) is 2.04. The molecule has 16 heavy (non-hydrogen) atoms. The fraction of sp³-hybridized carbons (Fsp3) is 0.167. The van der Waals surface area contributed by atoms with Gasteiger partial charge in [-0.25, -0.2) is 0 Å². The molecule has 0 amide bonds. The third-order valence-electron chi connectivity index (χ3n) is 2.41. The lowest BCUT2D eigenvalue weighted by Gasteiger charge is -2.11. The smallest absolute Gasteiger partial charge is 0.113 e. The zero-order valence-corrected chi connectivity index (χ0v) is 12.6. The molecule has 4 heteroatoms. The predicted molar refractivity (Wildman–Crippen MR) is 75.0 cm³/mol. The number of aliphatic hydroxyl groups excluding tert-OH is 1. The van der Waals surface area contributed by atoms with Gasteiger partial charge in [0.05, 0.1) is 0 Å². The van der Waals surface area contributed by atoms with Crippen molar-refractivity contribution in [1.82, 2.24) is 0 Å². The molecule has 0 bridgehead atoms. The summed E-state index contributed by atoms with van der Waals surface area (Å²) in [7, 11) is 0. The highest BCUT2D eigenvalue weighted by atomic mass is 79.9. The van der Waals surface area contributed by atoms with Gasteiger partial charge in [0.1, 0.15) is 6.10 Å². The van der Waals surface area contributed by atoms with Crippen molar-refractivity contribution in [1.29, 1.82) is 0 Å². The summed E-state index contributed by atoms with van der Waals surface area (Å²) >= 11 is 8.44. The molecule has 0 saturated heterocycles. The van der Waals surface area contributed by atoms with Crippen LogP contribution in [0.4, 0.5) is 0 Å². The van der Waals surface area contributed by atoms with Crippen LogP contribution in [0.25, 0.3) is 0 Å². The minimum absolute atomic E-state index is 0.538. The van der Waals surface area contributed by atoms with Crippen molar-refractivity contribution in [3.05, 3.63) is 54.6 Å². The molecule has 0 aliphatic heterocycles. The van der Waals surface area contributed by atoms with Crippen LogP contribution >= 0.6 is 43.2 Å². The second-order valence-corrected chi connectivity index (χ2v) is 6.20. The van der Waals surface area contributed by atoms with E-state index in [2.05, 4.69) is 31.9 Å². The van der Waals surface area contributed by atoms with Gasteiger partial charge in [0.2, 0.25) is 0 Å². The van der Waals surface area contributed by atoms with Crippen LogP contribution in [0.1, 0.15) is 22.1 Å². The monoisotopic (exact) mass is 360 g/mol. The van der Waals surface area contributed by atoms with Gasteiger partial charge in [-0.1, -0.05) is 6.07 Å². The summed E-state index contributed by atoms with van der Waals surface area (Å²) in [6.07, 6.45) is -0.538. The third kappa shape index (κ3) is 2.40. The second-order valence-electron chi connectivity index (χ2n) is 3.54. The molecule has 2 aromatic rings. The highest BCUT2D eigenvalue weighted by molar-refractivity contribution is 9.13. The van der Waals surface area contributed by atoms with E-state index in [0.717, 1.165) is 24.9 Å². The highest BCUT2D eigenvalue weighted by Gasteiger charge is 2.14. The van der Waals surface area contributed by atoms with Crippen molar-refractivity contribution in [3.63, 3.8) is 0 Å². The lowest BCUT2D eigenvalue weighted by molar-refractivity contribution is 0.223. The van der Waals surface area contributed by atoms with Gasteiger partial charge >= 0.3 is 0 Å². The second kappa shape index (κ2) is 5.00. The molecule has 1 heterocycles. The van der Waals surface area contributed by atoms with E-state index in [-0.39, 0.29) is 0 Å². The first kappa shape index (κ1) is 12.3. The number of halogens is 2. The van der Waals surface area contributed by atoms with E-state index in [0.29, 0.717) is 0 Å². The van der Waals surface area contributed by atoms with Crippen LogP contribution < -0.4 is 0 Å². The Morgan fingerprint density at radius 1 is 1.19 bits per heavy atom. The summed E-state index contributed by atoms with van der Waals surface area (Å²) in [5.74, 6) is 0. The molecule has 1 aromatic heterocycles. The van der Waals surface area contributed by atoms with Crippen molar-refractivity contribution in [2.24, 2.45) is 0 Å². The topological polar surface area (TPSA) is 20.2 Å². The fourth-order valence-corrected chi connectivity index (χ4v) is 3.08. The Hall–Kier alpha value is -0.160. The maximum Gasteiger partial charge on any atom is 0.113 e. The number of rotatable bonds is 2. The minimum atomic E-state index is -0.538. The molecule has 0 spiro atoms. The zero-order chi connectivity index (χ0) is 11.7. The maximum atomic E-state index is 10.3. The van der Waals surface area contributed by atoms with E-state index < -0.39 is 6.10 Å². The molecule has 1 nitrogen and oxygen atoms in total. The van der Waals surface area contributed by atoms with Crippen LogP contribution in [0.2, 0.25) is 0 Å². The van der Waals surface area contributed by atoms with Crippen molar-refractivity contribution in [3.8, 4) is 0 Å². The highest BCUT2D eigenvalue weighted by Crippen LogP contribution is 2.32. The maximum absolute atomic E-state index is 10.3. The van der Waals surface area contributed by atoms with Crippen molar-refractivity contribution >= 4 is 43.2 Å². The number of benzene rings is 1. The summed E-state index contributed by atoms with van der Waals surface area (Å²) < 4.78 is 1.95. The Kier molecular flexibility index (Phi) is 3.85. The first-order valence-electron chi connectivity index (χ1n) is 4.76.